The van der Waals surface area contributed by atoms with E-state index in [2.05, 4.69) is 28.0 Å². The number of oxazole rings is 1. The van der Waals surface area contributed by atoms with E-state index in [4.69, 9.17) is 13.9 Å². The number of carbonyl (C=O) groups is 1. The van der Waals surface area contributed by atoms with Gasteiger partial charge in [-0.05, 0) is 74.4 Å². The molecule has 37 heavy (non-hydrogen) atoms. The molecular formula is C28H32F2N2O5. The van der Waals surface area contributed by atoms with Crippen molar-refractivity contribution in [3.8, 4) is 23.0 Å². The molecule has 0 aliphatic heterocycles. The summed E-state index contributed by atoms with van der Waals surface area (Å²) < 4.78 is 46.9. The molecular weight excluding hydrogens is 482 g/mol. The number of benzene rings is 2. The second-order valence-corrected chi connectivity index (χ2v) is 9.36. The first-order valence-corrected chi connectivity index (χ1v) is 12.4. The SMILES string of the molecule is CCOCc1c(C(=O)NCc2coc(-c3ccc(OC(F)F)c(OC(C)C)c3)n2)cccc1[C@H]1CC1C. The topological polar surface area (TPSA) is 82.8 Å². The minimum absolute atomic E-state index is 0.0721. The molecule has 1 amide bonds. The number of ether oxygens (including phenoxy) is 3. The van der Waals surface area contributed by atoms with Gasteiger partial charge in [-0.3, -0.25) is 4.79 Å². The molecule has 0 bridgehead atoms. The highest BCUT2D eigenvalue weighted by Crippen LogP contribution is 2.48. The van der Waals surface area contributed by atoms with E-state index in [1.807, 2.05) is 19.1 Å². The van der Waals surface area contributed by atoms with Crippen LogP contribution in [-0.2, 0) is 17.9 Å². The number of amides is 1. The molecule has 1 fully saturated rings. The largest absolute Gasteiger partial charge is 0.487 e. The summed E-state index contributed by atoms with van der Waals surface area (Å²) >= 11 is 0. The number of hydrogen-bond donors (Lipinski definition) is 1. The Morgan fingerprint density at radius 1 is 1.19 bits per heavy atom. The van der Waals surface area contributed by atoms with E-state index in [0.717, 1.165) is 12.0 Å². The maximum atomic E-state index is 13.1. The van der Waals surface area contributed by atoms with Crippen LogP contribution in [0.2, 0.25) is 0 Å². The van der Waals surface area contributed by atoms with Crippen LogP contribution >= 0.6 is 0 Å². The Morgan fingerprint density at radius 3 is 2.65 bits per heavy atom. The second kappa shape index (κ2) is 11.7. The first-order valence-electron chi connectivity index (χ1n) is 12.4. The summed E-state index contributed by atoms with van der Waals surface area (Å²) in [7, 11) is 0. The van der Waals surface area contributed by atoms with Gasteiger partial charge in [-0.25, -0.2) is 4.98 Å². The van der Waals surface area contributed by atoms with Crippen molar-refractivity contribution in [3.05, 3.63) is 65.0 Å². The predicted octanol–water partition coefficient (Wildman–Crippen LogP) is 6.32. The number of rotatable bonds is 12. The molecule has 1 aliphatic rings. The maximum absolute atomic E-state index is 13.1. The number of nitrogens with one attached hydrogen (secondary N) is 1. The van der Waals surface area contributed by atoms with Gasteiger partial charge in [-0.15, -0.1) is 0 Å². The zero-order valence-corrected chi connectivity index (χ0v) is 21.4. The molecule has 1 aliphatic carbocycles. The van der Waals surface area contributed by atoms with Gasteiger partial charge in [0.25, 0.3) is 5.91 Å². The molecule has 7 nitrogen and oxygen atoms in total. The first-order chi connectivity index (χ1) is 17.8. The minimum Gasteiger partial charge on any atom is -0.487 e. The smallest absolute Gasteiger partial charge is 0.387 e. The Kier molecular flexibility index (Phi) is 8.43. The zero-order chi connectivity index (χ0) is 26.5. The lowest BCUT2D eigenvalue weighted by atomic mass is 9.96. The summed E-state index contributed by atoms with van der Waals surface area (Å²) in [5, 5.41) is 2.92. The van der Waals surface area contributed by atoms with Gasteiger partial charge in [0.1, 0.15) is 6.26 Å². The maximum Gasteiger partial charge on any atom is 0.387 e. The van der Waals surface area contributed by atoms with Gasteiger partial charge < -0.3 is 23.9 Å². The second-order valence-electron chi connectivity index (χ2n) is 9.36. The van der Waals surface area contributed by atoms with Crippen LogP contribution in [0.1, 0.15) is 67.2 Å². The summed E-state index contributed by atoms with van der Waals surface area (Å²) in [5.41, 5.74) is 3.75. The average Bonchev–Trinajstić information content (AvgIpc) is 3.39. The highest BCUT2D eigenvalue weighted by Gasteiger charge is 2.36. The average molecular weight is 515 g/mol. The van der Waals surface area contributed by atoms with Gasteiger partial charge in [-0.1, -0.05) is 19.1 Å². The van der Waals surface area contributed by atoms with Crippen molar-refractivity contribution in [1.82, 2.24) is 10.3 Å². The van der Waals surface area contributed by atoms with Gasteiger partial charge in [0.15, 0.2) is 11.5 Å². The molecule has 1 N–H and O–H groups in total. The summed E-state index contributed by atoms with van der Waals surface area (Å²) in [6.45, 7) is 5.84. The Morgan fingerprint density at radius 2 is 1.97 bits per heavy atom. The number of halogens is 2. The Hall–Kier alpha value is -3.46. The van der Waals surface area contributed by atoms with E-state index >= 15 is 0 Å². The quantitative estimate of drug-likeness (QED) is 0.305. The number of alkyl halides is 2. The molecule has 0 saturated heterocycles. The van der Waals surface area contributed by atoms with Crippen molar-refractivity contribution >= 4 is 5.91 Å². The molecule has 9 heteroatoms. The van der Waals surface area contributed by atoms with Crippen molar-refractivity contribution in [1.29, 1.82) is 0 Å². The van der Waals surface area contributed by atoms with Crippen LogP contribution in [0.5, 0.6) is 11.5 Å². The molecule has 0 radical (unpaired) electrons. The van der Waals surface area contributed by atoms with E-state index in [0.29, 0.717) is 41.9 Å². The van der Waals surface area contributed by atoms with E-state index in [1.165, 1.54) is 24.0 Å². The number of hydrogen-bond acceptors (Lipinski definition) is 6. The molecule has 2 aromatic carbocycles. The van der Waals surface area contributed by atoms with Gasteiger partial charge in [0, 0.05) is 17.7 Å². The van der Waals surface area contributed by atoms with Gasteiger partial charge in [0.05, 0.1) is 24.9 Å². The van der Waals surface area contributed by atoms with Crippen molar-refractivity contribution in [2.45, 2.75) is 65.9 Å². The highest BCUT2D eigenvalue weighted by atomic mass is 19.3. The lowest BCUT2D eigenvalue weighted by molar-refractivity contribution is -0.0518. The van der Waals surface area contributed by atoms with Crippen LogP contribution in [0.3, 0.4) is 0 Å². The Bertz CT molecular complexity index is 1230. The van der Waals surface area contributed by atoms with E-state index in [1.54, 1.807) is 19.9 Å². The molecule has 0 spiro atoms. The molecule has 198 valence electrons. The van der Waals surface area contributed by atoms with Gasteiger partial charge in [0.2, 0.25) is 5.89 Å². The van der Waals surface area contributed by atoms with Crippen LogP contribution in [0.4, 0.5) is 8.78 Å². The van der Waals surface area contributed by atoms with Gasteiger partial charge in [-0.2, -0.15) is 8.78 Å². The van der Waals surface area contributed by atoms with Crippen molar-refractivity contribution in [2.24, 2.45) is 5.92 Å². The highest BCUT2D eigenvalue weighted by molar-refractivity contribution is 5.96. The number of nitrogens with zero attached hydrogens (tertiary/aromatic N) is 1. The van der Waals surface area contributed by atoms with Crippen molar-refractivity contribution in [2.75, 3.05) is 6.61 Å². The number of aromatic nitrogens is 1. The lowest BCUT2D eigenvalue weighted by Crippen LogP contribution is -2.25. The third kappa shape index (κ3) is 6.65. The van der Waals surface area contributed by atoms with Crippen LogP contribution in [-0.4, -0.2) is 30.2 Å². The molecule has 1 heterocycles. The standard InChI is InChI=1S/C28H32F2N2O5/c1-5-34-15-23-20(22-11-17(22)4)7-6-8-21(23)26(33)31-13-19-14-35-27(32-19)18-9-10-24(37-28(29)30)25(12-18)36-16(2)3/h6-10,12,14,16-17,22,28H,5,11,13,15H2,1-4H3,(H,31,33)/t17?,22-/m0/s1. The molecule has 1 unspecified atom stereocenters. The molecule has 1 saturated carbocycles. The summed E-state index contributed by atoms with van der Waals surface area (Å²) in [6.07, 6.45) is 2.32. The summed E-state index contributed by atoms with van der Waals surface area (Å²) in [5.74, 6) is 1.21. The van der Waals surface area contributed by atoms with Gasteiger partial charge >= 0.3 is 6.61 Å². The fraction of sp³-hybridized carbons (Fsp3) is 0.429. The van der Waals surface area contributed by atoms with E-state index in [-0.39, 0.29) is 35.9 Å². The third-order valence-electron chi connectivity index (χ3n) is 6.17. The normalized spacial score (nSPS) is 16.8. The predicted molar refractivity (Wildman–Crippen MR) is 134 cm³/mol. The minimum atomic E-state index is -2.97. The fourth-order valence-electron chi connectivity index (χ4n) is 4.25. The summed E-state index contributed by atoms with van der Waals surface area (Å²) in [4.78, 5) is 17.6. The van der Waals surface area contributed by atoms with Crippen LogP contribution < -0.4 is 14.8 Å². The van der Waals surface area contributed by atoms with Crippen LogP contribution in [0, 0.1) is 5.92 Å². The monoisotopic (exact) mass is 514 g/mol. The van der Waals surface area contributed by atoms with Crippen molar-refractivity contribution in [3.63, 3.8) is 0 Å². The first kappa shape index (κ1) is 26.6. The fourth-order valence-corrected chi connectivity index (χ4v) is 4.25. The van der Waals surface area contributed by atoms with E-state index < -0.39 is 6.61 Å². The van der Waals surface area contributed by atoms with E-state index in [9.17, 15) is 13.6 Å². The molecule has 2 atom stereocenters. The third-order valence-corrected chi connectivity index (χ3v) is 6.17. The number of carbonyl (C=O) groups excluding carboxylic acids is 1. The van der Waals surface area contributed by atoms with Crippen LogP contribution in [0.15, 0.2) is 47.1 Å². The zero-order valence-electron chi connectivity index (χ0n) is 21.4. The summed E-state index contributed by atoms with van der Waals surface area (Å²) in [6, 6.07) is 10.3. The molecule has 3 aromatic rings. The van der Waals surface area contributed by atoms with Crippen molar-refractivity contribution < 1.29 is 32.2 Å². The molecule has 4 rings (SSSR count). The molecule has 1 aromatic heterocycles. The Balaban J connectivity index is 1.48. The lowest BCUT2D eigenvalue weighted by Gasteiger charge is -2.15. The van der Waals surface area contributed by atoms with Crippen LogP contribution in [0.25, 0.3) is 11.5 Å². The Labute approximate surface area is 215 Å².